The van der Waals surface area contributed by atoms with Gasteiger partial charge in [0.25, 0.3) is 5.56 Å². The molecule has 1 amide bonds. The third kappa shape index (κ3) is 2.31. The number of hydrogen-bond donors (Lipinski definition) is 2. The molecular formula is C12H14N6O2. The molecule has 1 fully saturated rings. The van der Waals surface area contributed by atoms with Gasteiger partial charge in [-0.15, -0.1) is 0 Å². The highest BCUT2D eigenvalue weighted by Crippen LogP contribution is 2.13. The highest BCUT2D eigenvalue weighted by Gasteiger charge is 2.22. The molecule has 1 aliphatic rings. The van der Waals surface area contributed by atoms with Crippen molar-refractivity contribution < 1.29 is 4.79 Å². The smallest absolute Gasteiger partial charge is 0.278 e. The monoisotopic (exact) mass is 274 g/mol. The average Bonchev–Trinajstić information content (AvgIpc) is 2.84. The van der Waals surface area contributed by atoms with Crippen LogP contribution in [-0.4, -0.2) is 45.5 Å². The van der Waals surface area contributed by atoms with Crippen molar-refractivity contribution in [3.63, 3.8) is 0 Å². The van der Waals surface area contributed by atoms with E-state index in [1.54, 1.807) is 6.20 Å². The van der Waals surface area contributed by atoms with E-state index in [1.807, 2.05) is 11.9 Å². The molecule has 8 heteroatoms. The number of aromatic nitrogens is 4. The Kier molecular flexibility index (Phi) is 3.05. The summed E-state index contributed by atoms with van der Waals surface area (Å²) in [6.45, 7) is 0.629. The van der Waals surface area contributed by atoms with Crippen LogP contribution in [0.3, 0.4) is 0 Å². The number of nitrogens with zero attached hydrogens (tertiary/aromatic N) is 4. The van der Waals surface area contributed by atoms with Gasteiger partial charge in [0.1, 0.15) is 5.82 Å². The number of likely N-dealkylation sites (N-methyl/N-ethyl adjacent to an activating group) is 1. The number of anilines is 1. The molecule has 8 nitrogen and oxygen atoms in total. The molecule has 0 aromatic carbocycles. The van der Waals surface area contributed by atoms with Crippen LogP contribution in [0.5, 0.6) is 0 Å². The predicted octanol–water partition coefficient (Wildman–Crippen LogP) is -0.572. The highest BCUT2D eigenvalue weighted by atomic mass is 16.2. The van der Waals surface area contributed by atoms with Crippen molar-refractivity contribution in [2.45, 2.75) is 18.9 Å². The first kappa shape index (κ1) is 12.5. The minimum Gasteiger partial charge on any atom is -0.356 e. The average molecular weight is 274 g/mol. The Labute approximate surface area is 114 Å². The molecule has 2 aromatic heterocycles. The second-order valence-corrected chi connectivity index (χ2v) is 4.82. The SMILES string of the molecule is CN(C[C@@H]1CCC(=O)N1)c1cnc2nc[nH]c(=O)c2n1. The Bertz CT molecular complexity index is 712. The third-order valence-corrected chi connectivity index (χ3v) is 3.31. The Balaban J connectivity index is 1.84. The quantitative estimate of drug-likeness (QED) is 0.776. The normalized spacial score (nSPS) is 18.2. The molecule has 104 valence electrons. The molecule has 0 unspecified atom stereocenters. The molecule has 1 saturated heterocycles. The molecule has 3 heterocycles. The van der Waals surface area contributed by atoms with Crippen molar-refractivity contribution >= 4 is 22.9 Å². The maximum atomic E-state index is 11.7. The van der Waals surface area contributed by atoms with Crippen molar-refractivity contribution in [1.29, 1.82) is 0 Å². The van der Waals surface area contributed by atoms with Gasteiger partial charge in [-0.05, 0) is 6.42 Å². The summed E-state index contributed by atoms with van der Waals surface area (Å²) < 4.78 is 0. The summed E-state index contributed by atoms with van der Waals surface area (Å²) >= 11 is 0. The lowest BCUT2D eigenvalue weighted by Crippen LogP contribution is -2.37. The largest absolute Gasteiger partial charge is 0.356 e. The highest BCUT2D eigenvalue weighted by molar-refractivity contribution is 5.78. The molecule has 0 saturated carbocycles. The van der Waals surface area contributed by atoms with Gasteiger partial charge in [-0.1, -0.05) is 0 Å². The number of amides is 1. The number of nitrogens with one attached hydrogen (secondary N) is 2. The summed E-state index contributed by atoms with van der Waals surface area (Å²) in [6.07, 6.45) is 4.25. The third-order valence-electron chi connectivity index (χ3n) is 3.31. The number of hydrogen-bond acceptors (Lipinski definition) is 6. The minimum absolute atomic E-state index is 0.0774. The fourth-order valence-electron chi connectivity index (χ4n) is 2.26. The van der Waals surface area contributed by atoms with Crippen LogP contribution in [0.2, 0.25) is 0 Å². The van der Waals surface area contributed by atoms with E-state index in [-0.39, 0.29) is 23.0 Å². The number of fused-ring (bicyclic) bond motifs is 1. The van der Waals surface area contributed by atoms with E-state index in [0.29, 0.717) is 24.4 Å². The fourth-order valence-corrected chi connectivity index (χ4v) is 2.26. The van der Waals surface area contributed by atoms with Gasteiger partial charge in [0.15, 0.2) is 11.2 Å². The van der Waals surface area contributed by atoms with E-state index in [0.717, 1.165) is 6.42 Å². The van der Waals surface area contributed by atoms with Gasteiger partial charge in [0.05, 0.1) is 12.5 Å². The first-order valence-corrected chi connectivity index (χ1v) is 6.34. The standard InChI is InChI=1S/C12H14N6O2/c1-18(5-7-2-3-9(19)16-7)8-4-13-11-10(17-8)12(20)15-6-14-11/h4,6-7H,2-3,5H2,1H3,(H,16,19)(H,13,14,15,20)/t7-/m0/s1. The maximum absolute atomic E-state index is 11.7. The van der Waals surface area contributed by atoms with Gasteiger partial charge in [-0.2, -0.15) is 0 Å². The molecule has 0 bridgehead atoms. The van der Waals surface area contributed by atoms with Crippen molar-refractivity contribution in [2.75, 3.05) is 18.5 Å². The van der Waals surface area contributed by atoms with Gasteiger partial charge >= 0.3 is 0 Å². The zero-order chi connectivity index (χ0) is 14.1. The molecular weight excluding hydrogens is 260 g/mol. The minimum atomic E-state index is -0.313. The van der Waals surface area contributed by atoms with Crippen LogP contribution in [0.4, 0.5) is 5.82 Å². The molecule has 20 heavy (non-hydrogen) atoms. The van der Waals surface area contributed by atoms with E-state index in [4.69, 9.17) is 0 Å². The Morgan fingerprint density at radius 1 is 1.40 bits per heavy atom. The van der Waals surface area contributed by atoms with E-state index >= 15 is 0 Å². The lowest BCUT2D eigenvalue weighted by molar-refractivity contribution is -0.119. The molecule has 0 spiro atoms. The lowest BCUT2D eigenvalue weighted by atomic mass is 10.2. The topological polar surface area (TPSA) is 104 Å². The van der Waals surface area contributed by atoms with Crippen LogP contribution in [0.1, 0.15) is 12.8 Å². The van der Waals surface area contributed by atoms with Crippen molar-refractivity contribution in [2.24, 2.45) is 0 Å². The van der Waals surface area contributed by atoms with Gasteiger partial charge < -0.3 is 15.2 Å². The second kappa shape index (κ2) is 4.87. The number of carbonyl (C=O) groups is 1. The number of H-pyrrole nitrogens is 1. The first-order valence-electron chi connectivity index (χ1n) is 6.34. The molecule has 2 aromatic rings. The summed E-state index contributed by atoms with van der Waals surface area (Å²) in [5, 5.41) is 2.89. The van der Waals surface area contributed by atoms with Crippen molar-refractivity contribution in [3.8, 4) is 0 Å². The summed E-state index contributed by atoms with van der Waals surface area (Å²) in [4.78, 5) is 39.6. The van der Waals surface area contributed by atoms with Gasteiger partial charge in [0.2, 0.25) is 5.91 Å². The van der Waals surface area contributed by atoms with E-state index in [1.165, 1.54) is 6.33 Å². The Morgan fingerprint density at radius 2 is 2.25 bits per heavy atom. The Hall–Kier alpha value is -2.51. The van der Waals surface area contributed by atoms with E-state index < -0.39 is 0 Å². The molecule has 1 atom stereocenters. The number of rotatable bonds is 3. The summed E-state index contributed by atoms with van der Waals surface area (Å²) in [5.41, 5.74) is 0.222. The zero-order valence-electron chi connectivity index (χ0n) is 11.0. The molecule has 3 rings (SSSR count). The van der Waals surface area contributed by atoms with E-state index in [9.17, 15) is 9.59 Å². The second-order valence-electron chi connectivity index (χ2n) is 4.82. The molecule has 1 aliphatic heterocycles. The zero-order valence-corrected chi connectivity index (χ0v) is 11.0. The van der Waals surface area contributed by atoms with Crippen LogP contribution >= 0.6 is 0 Å². The van der Waals surface area contributed by atoms with Crippen molar-refractivity contribution in [3.05, 3.63) is 22.9 Å². The first-order chi connectivity index (χ1) is 9.63. The van der Waals surface area contributed by atoms with Gasteiger partial charge in [-0.25, -0.2) is 15.0 Å². The van der Waals surface area contributed by atoms with Crippen LogP contribution < -0.4 is 15.8 Å². The lowest BCUT2D eigenvalue weighted by Gasteiger charge is -2.21. The molecule has 2 N–H and O–H groups in total. The van der Waals surface area contributed by atoms with Crippen molar-refractivity contribution in [1.82, 2.24) is 25.3 Å². The molecule has 0 aliphatic carbocycles. The maximum Gasteiger partial charge on any atom is 0.278 e. The van der Waals surface area contributed by atoms with Crippen LogP contribution in [0.15, 0.2) is 17.3 Å². The summed E-state index contributed by atoms with van der Waals surface area (Å²) in [6, 6.07) is 0.108. The van der Waals surface area contributed by atoms with Gasteiger partial charge in [-0.3, -0.25) is 9.59 Å². The summed E-state index contributed by atoms with van der Waals surface area (Å²) in [7, 11) is 1.85. The van der Waals surface area contributed by atoms with Crippen LogP contribution in [-0.2, 0) is 4.79 Å². The number of aromatic amines is 1. The van der Waals surface area contributed by atoms with E-state index in [2.05, 4.69) is 25.3 Å². The van der Waals surface area contributed by atoms with Gasteiger partial charge in [0, 0.05) is 26.1 Å². The number of carbonyl (C=O) groups excluding carboxylic acids is 1. The Morgan fingerprint density at radius 3 is 3.00 bits per heavy atom. The summed E-state index contributed by atoms with van der Waals surface area (Å²) in [5.74, 6) is 0.658. The predicted molar refractivity (Wildman–Crippen MR) is 72.4 cm³/mol. The van der Waals surface area contributed by atoms with Crippen LogP contribution in [0.25, 0.3) is 11.2 Å². The van der Waals surface area contributed by atoms with Crippen LogP contribution in [0, 0.1) is 0 Å². The molecule has 0 radical (unpaired) electrons. The fraction of sp³-hybridized carbons (Fsp3) is 0.417.